The Labute approximate surface area is 116 Å². The second-order valence-electron chi connectivity index (χ2n) is 4.49. The van der Waals surface area contributed by atoms with Crippen molar-refractivity contribution < 1.29 is 27.5 Å². The van der Waals surface area contributed by atoms with Gasteiger partial charge in [-0.1, -0.05) is 0 Å². The minimum Gasteiger partial charge on any atom is -0.478 e. The van der Waals surface area contributed by atoms with Crippen LogP contribution in [0.25, 0.3) is 11.1 Å². The molecule has 0 atom stereocenters. The van der Waals surface area contributed by atoms with Crippen molar-refractivity contribution in [2.24, 2.45) is 0 Å². The van der Waals surface area contributed by atoms with Gasteiger partial charge in [-0.2, -0.15) is 18.3 Å². The van der Waals surface area contributed by atoms with Gasteiger partial charge in [0.1, 0.15) is 12.4 Å². The molecule has 8 heteroatoms. The minimum absolute atomic E-state index is 0.291. The van der Waals surface area contributed by atoms with Crippen molar-refractivity contribution in [1.29, 1.82) is 0 Å². The highest BCUT2D eigenvalue weighted by atomic mass is 19.4. The van der Waals surface area contributed by atoms with Crippen LogP contribution in [0.3, 0.4) is 0 Å². The summed E-state index contributed by atoms with van der Waals surface area (Å²) >= 11 is 0. The maximum atomic E-state index is 13.5. The second-order valence-corrected chi connectivity index (χ2v) is 4.49. The average Bonchev–Trinajstić information content (AvgIpc) is 2.74. The fourth-order valence-corrected chi connectivity index (χ4v) is 1.92. The number of aromatic carboxylic acids is 1. The highest BCUT2D eigenvalue weighted by molar-refractivity contribution is 5.90. The number of carboxylic acids is 1. The van der Waals surface area contributed by atoms with Crippen LogP contribution < -0.4 is 0 Å². The van der Waals surface area contributed by atoms with Crippen LogP contribution in [0.4, 0.5) is 17.6 Å². The first-order valence-electron chi connectivity index (χ1n) is 5.80. The number of halogens is 4. The van der Waals surface area contributed by atoms with Crippen LogP contribution in [0.15, 0.2) is 24.5 Å². The van der Waals surface area contributed by atoms with E-state index in [4.69, 9.17) is 5.11 Å². The number of hydrogen-bond acceptors (Lipinski definition) is 2. The third-order valence-corrected chi connectivity index (χ3v) is 2.83. The molecule has 1 N–H and O–H groups in total. The topological polar surface area (TPSA) is 55.1 Å². The number of carbonyl (C=O) groups is 1. The number of aryl methyl sites for hydroxylation is 1. The van der Waals surface area contributed by atoms with Crippen LogP contribution in [0.1, 0.15) is 15.9 Å². The molecule has 0 fully saturated rings. The standard InChI is InChI=1S/C13H10F4N2O2/c1-7-2-11(14)10(12(20)21)3-9(7)8-4-18-19(5-8)6-13(15,16)17/h2-5H,6H2,1H3,(H,20,21). The summed E-state index contributed by atoms with van der Waals surface area (Å²) in [6.07, 6.45) is -2.09. The summed E-state index contributed by atoms with van der Waals surface area (Å²) in [4.78, 5) is 10.9. The molecule has 0 amide bonds. The lowest BCUT2D eigenvalue weighted by atomic mass is 10.00. The van der Waals surface area contributed by atoms with Crippen LogP contribution in [0.2, 0.25) is 0 Å². The van der Waals surface area contributed by atoms with Crippen LogP contribution in [-0.4, -0.2) is 27.0 Å². The van der Waals surface area contributed by atoms with Crippen molar-refractivity contribution in [2.45, 2.75) is 19.6 Å². The summed E-state index contributed by atoms with van der Waals surface area (Å²) in [7, 11) is 0. The summed E-state index contributed by atoms with van der Waals surface area (Å²) in [5.41, 5.74) is 0.477. The quantitative estimate of drug-likeness (QED) is 0.885. The van der Waals surface area contributed by atoms with Gasteiger partial charge in [0.2, 0.25) is 0 Å². The predicted octanol–water partition coefficient (Wildman–Crippen LogP) is 3.26. The molecule has 21 heavy (non-hydrogen) atoms. The number of hydrogen-bond donors (Lipinski definition) is 1. The number of carboxylic acid groups (broad SMARTS) is 1. The van der Waals surface area contributed by atoms with Crippen molar-refractivity contribution in [3.05, 3.63) is 41.5 Å². The van der Waals surface area contributed by atoms with Crippen molar-refractivity contribution in [3.63, 3.8) is 0 Å². The van der Waals surface area contributed by atoms with Crippen molar-refractivity contribution in [1.82, 2.24) is 9.78 Å². The molecule has 2 aromatic rings. The molecular weight excluding hydrogens is 292 g/mol. The van der Waals surface area contributed by atoms with E-state index in [9.17, 15) is 22.4 Å². The fraction of sp³-hybridized carbons (Fsp3) is 0.231. The Morgan fingerprint density at radius 3 is 2.62 bits per heavy atom. The maximum absolute atomic E-state index is 13.5. The Balaban J connectivity index is 2.43. The molecule has 1 aromatic carbocycles. The summed E-state index contributed by atoms with van der Waals surface area (Å²) in [5.74, 6) is -2.34. The number of rotatable bonds is 3. The van der Waals surface area contributed by atoms with Crippen molar-refractivity contribution >= 4 is 5.97 Å². The van der Waals surface area contributed by atoms with Gasteiger partial charge in [0, 0.05) is 11.8 Å². The Kier molecular flexibility index (Phi) is 3.71. The Morgan fingerprint density at radius 2 is 2.05 bits per heavy atom. The molecule has 0 radical (unpaired) electrons. The number of alkyl halides is 3. The maximum Gasteiger partial charge on any atom is 0.408 e. The first-order valence-corrected chi connectivity index (χ1v) is 5.80. The lowest BCUT2D eigenvalue weighted by Crippen LogP contribution is -2.17. The third kappa shape index (κ3) is 3.39. The van der Waals surface area contributed by atoms with Gasteiger partial charge in [0.05, 0.1) is 11.8 Å². The zero-order valence-electron chi connectivity index (χ0n) is 10.8. The molecule has 2 rings (SSSR count). The average molecular weight is 302 g/mol. The number of benzene rings is 1. The van der Waals surface area contributed by atoms with E-state index < -0.39 is 30.1 Å². The van der Waals surface area contributed by atoms with Crippen LogP contribution in [0, 0.1) is 12.7 Å². The molecule has 1 heterocycles. The van der Waals surface area contributed by atoms with Gasteiger partial charge in [-0.05, 0) is 30.2 Å². The highest BCUT2D eigenvalue weighted by Crippen LogP contribution is 2.27. The third-order valence-electron chi connectivity index (χ3n) is 2.83. The monoisotopic (exact) mass is 302 g/mol. The van der Waals surface area contributed by atoms with Crippen molar-refractivity contribution in [3.8, 4) is 11.1 Å². The normalized spacial score (nSPS) is 11.7. The van der Waals surface area contributed by atoms with E-state index in [2.05, 4.69) is 5.10 Å². The molecule has 112 valence electrons. The molecule has 0 saturated heterocycles. The van der Waals surface area contributed by atoms with Crippen LogP contribution >= 0.6 is 0 Å². The summed E-state index contributed by atoms with van der Waals surface area (Å²) in [6.45, 7) is 0.282. The minimum atomic E-state index is -4.41. The molecule has 4 nitrogen and oxygen atoms in total. The summed E-state index contributed by atoms with van der Waals surface area (Å²) in [6, 6.07) is 2.11. The SMILES string of the molecule is Cc1cc(F)c(C(=O)O)cc1-c1cnn(CC(F)(F)F)c1. The Bertz CT molecular complexity index is 692. The Morgan fingerprint density at radius 1 is 1.38 bits per heavy atom. The molecule has 0 aliphatic carbocycles. The van der Waals surface area contributed by atoms with E-state index in [0.29, 0.717) is 21.4 Å². The summed E-state index contributed by atoms with van der Waals surface area (Å²) in [5, 5.41) is 12.4. The molecule has 0 aliphatic heterocycles. The zero-order chi connectivity index (χ0) is 15.8. The number of nitrogens with zero attached hydrogens (tertiary/aromatic N) is 2. The molecule has 0 aliphatic rings. The first kappa shape index (κ1) is 15.0. The lowest BCUT2D eigenvalue weighted by molar-refractivity contribution is -0.142. The molecule has 1 aromatic heterocycles. The molecule has 0 bridgehead atoms. The van der Waals surface area contributed by atoms with Gasteiger partial charge in [-0.15, -0.1) is 0 Å². The fourth-order valence-electron chi connectivity index (χ4n) is 1.92. The molecule has 0 spiro atoms. The first-order chi connectivity index (χ1) is 9.67. The van der Waals surface area contributed by atoms with Gasteiger partial charge in [-0.3, -0.25) is 4.68 Å². The van der Waals surface area contributed by atoms with Crippen molar-refractivity contribution in [2.75, 3.05) is 0 Å². The molecule has 0 unspecified atom stereocenters. The van der Waals surface area contributed by atoms with Gasteiger partial charge >= 0.3 is 12.1 Å². The van der Waals surface area contributed by atoms with E-state index >= 15 is 0 Å². The van der Waals surface area contributed by atoms with Gasteiger partial charge in [0.25, 0.3) is 0 Å². The van der Waals surface area contributed by atoms with E-state index in [1.165, 1.54) is 13.1 Å². The van der Waals surface area contributed by atoms with Gasteiger partial charge in [0.15, 0.2) is 0 Å². The molecule has 0 saturated carbocycles. The lowest BCUT2D eigenvalue weighted by Gasteiger charge is -2.07. The second kappa shape index (κ2) is 5.19. The predicted molar refractivity (Wildman–Crippen MR) is 65.4 cm³/mol. The van der Waals surface area contributed by atoms with E-state index in [1.54, 1.807) is 0 Å². The van der Waals surface area contributed by atoms with Crippen LogP contribution in [0.5, 0.6) is 0 Å². The largest absolute Gasteiger partial charge is 0.478 e. The highest BCUT2D eigenvalue weighted by Gasteiger charge is 2.28. The summed E-state index contributed by atoms with van der Waals surface area (Å²) < 4.78 is 51.0. The Hall–Kier alpha value is -2.38. The van der Waals surface area contributed by atoms with E-state index in [1.807, 2.05) is 0 Å². The van der Waals surface area contributed by atoms with Crippen LogP contribution in [-0.2, 0) is 6.54 Å². The smallest absolute Gasteiger partial charge is 0.408 e. The van der Waals surface area contributed by atoms with E-state index in [0.717, 1.165) is 18.3 Å². The van der Waals surface area contributed by atoms with Gasteiger partial charge < -0.3 is 5.11 Å². The molecular formula is C13H10F4N2O2. The zero-order valence-corrected chi connectivity index (χ0v) is 10.8. The number of aromatic nitrogens is 2. The van der Waals surface area contributed by atoms with E-state index in [-0.39, 0.29) is 0 Å². The van der Waals surface area contributed by atoms with Gasteiger partial charge in [-0.25, -0.2) is 9.18 Å².